The van der Waals surface area contributed by atoms with Gasteiger partial charge in [-0.05, 0) is 37.0 Å². The number of benzene rings is 1. The first-order valence-corrected chi connectivity index (χ1v) is 6.84. The van der Waals surface area contributed by atoms with E-state index in [0.717, 1.165) is 12.0 Å². The normalized spacial score (nSPS) is 14.6. The first-order valence-electron chi connectivity index (χ1n) is 6.84. The fraction of sp³-hybridized carbons (Fsp3) is 0.600. The van der Waals surface area contributed by atoms with Crippen LogP contribution in [-0.2, 0) is 0 Å². The first kappa shape index (κ1) is 16.9. The molecule has 2 unspecified atom stereocenters. The fourth-order valence-electron chi connectivity index (χ4n) is 2.15. The molecule has 114 valence electrons. The van der Waals surface area contributed by atoms with Crippen molar-refractivity contribution in [2.75, 3.05) is 6.61 Å². The molecule has 0 amide bonds. The average molecular weight is 287 g/mol. The second-order valence-corrected chi connectivity index (χ2v) is 5.34. The number of aliphatic hydroxyl groups is 1. The lowest BCUT2D eigenvalue weighted by Gasteiger charge is -2.23. The molecule has 0 aromatic heterocycles. The molecule has 0 fully saturated rings. The van der Waals surface area contributed by atoms with Crippen molar-refractivity contribution in [3.05, 3.63) is 29.8 Å². The minimum absolute atomic E-state index is 0.0296. The van der Waals surface area contributed by atoms with Crippen LogP contribution in [0.5, 0.6) is 5.75 Å². The minimum Gasteiger partial charge on any atom is -0.435 e. The van der Waals surface area contributed by atoms with Crippen LogP contribution < -0.4 is 10.1 Å². The van der Waals surface area contributed by atoms with Gasteiger partial charge >= 0.3 is 6.61 Å². The van der Waals surface area contributed by atoms with Crippen molar-refractivity contribution >= 4 is 0 Å². The van der Waals surface area contributed by atoms with E-state index in [1.54, 1.807) is 12.1 Å². The van der Waals surface area contributed by atoms with E-state index in [2.05, 4.69) is 23.9 Å². The van der Waals surface area contributed by atoms with Crippen molar-refractivity contribution in [3.63, 3.8) is 0 Å². The summed E-state index contributed by atoms with van der Waals surface area (Å²) >= 11 is 0. The molecule has 0 saturated heterocycles. The van der Waals surface area contributed by atoms with Gasteiger partial charge in [0.2, 0.25) is 0 Å². The topological polar surface area (TPSA) is 41.5 Å². The number of aliphatic hydroxyl groups excluding tert-OH is 1. The summed E-state index contributed by atoms with van der Waals surface area (Å²) in [6.07, 6.45) is 0.882. The number of alkyl halides is 2. The third-order valence-corrected chi connectivity index (χ3v) is 3.07. The molecule has 1 aromatic carbocycles. The Labute approximate surface area is 119 Å². The molecule has 0 aliphatic rings. The maximum atomic E-state index is 12.1. The predicted octanol–water partition coefficient (Wildman–Crippen LogP) is 3.35. The van der Waals surface area contributed by atoms with Crippen molar-refractivity contribution < 1.29 is 18.6 Å². The van der Waals surface area contributed by atoms with Gasteiger partial charge in [-0.15, -0.1) is 0 Å². The molecule has 20 heavy (non-hydrogen) atoms. The van der Waals surface area contributed by atoms with Gasteiger partial charge in [-0.3, -0.25) is 0 Å². The molecule has 0 aliphatic carbocycles. The largest absolute Gasteiger partial charge is 0.435 e. The predicted molar refractivity (Wildman–Crippen MR) is 75.0 cm³/mol. The number of nitrogens with one attached hydrogen (secondary N) is 1. The molecular weight excluding hydrogens is 264 g/mol. The molecule has 0 spiro atoms. The number of ether oxygens (including phenoxy) is 1. The van der Waals surface area contributed by atoms with Crippen LogP contribution in [-0.4, -0.2) is 24.4 Å². The molecule has 0 bridgehead atoms. The van der Waals surface area contributed by atoms with Gasteiger partial charge in [0.1, 0.15) is 5.75 Å². The molecule has 0 radical (unpaired) electrons. The smallest absolute Gasteiger partial charge is 0.387 e. The summed E-state index contributed by atoms with van der Waals surface area (Å²) in [6.45, 7) is 3.46. The van der Waals surface area contributed by atoms with Crippen molar-refractivity contribution in [2.24, 2.45) is 5.92 Å². The van der Waals surface area contributed by atoms with E-state index in [4.69, 9.17) is 0 Å². The molecule has 5 heteroatoms. The van der Waals surface area contributed by atoms with Crippen molar-refractivity contribution in [2.45, 2.75) is 45.9 Å². The summed E-state index contributed by atoms with van der Waals surface area (Å²) in [7, 11) is 0. The lowest BCUT2D eigenvalue weighted by Crippen LogP contribution is -2.35. The average Bonchev–Trinajstić information content (AvgIpc) is 2.37. The number of rotatable bonds is 8. The Hall–Kier alpha value is -1.20. The number of hydrogen-bond acceptors (Lipinski definition) is 3. The van der Waals surface area contributed by atoms with E-state index in [1.165, 1.54) is 12.1 Å². The summed E-state index contributed by atoms with van der Waals surface area (Å²) in [5, 5.41) is 12.7. The highest BCUT2D eigenvalue weighted by molar-refractivity contribution is 5.29. The summed E-state index contributed by atoms with van der Waals surface area (Å²) in [5.74, 6) is 0.644. The van der Waals surface area contributed by atoms with E-state index in [1.807, 2.05) is 6.92 Å². The quantitative estimate of drug-likeness (QED) is 0.770. The highest BCUT2D eigenvalue weighted by atomic mass is 19.3. The molecule has 2 N–H and O–H groups in total. The van der Waals surface area contributed by atoms with Gasteiger partial charge in [0, 0.05) is 12.1 Å². The molecule has 0 heterocycles. The van der Waals surface area contributed by atoms with Gasteiger partial charge in [-0.2, -0.15) is 8.78 Å². The second kappa shape index (κ2) is 8.17. The van der Waals surface area contributed by atoms with Gasteiger partial charge in [0.15, 0.2) is 0 Å². The maximum Gasteiger partial charge on any atom is 0.387 e. The van der Waals surface area contributed by atoms with Gasteiger partial charge in [0.05, 0.1) is 6.61 Å². The highest BCUT2D eigenvalue weighted by Gasteiger charge is 2.14. The molecule has 2 atom stereocenters. The van der Waals surface area contributed by atoms with E-state index in [0.29, 0.717) is 5.92 Å². The van der Waals surface area contributed by atoms with E-state index < -0.39 is 6.61 Å². The van der Waals surface area contributed by atoms with Crippen LogP contribution in [0, 0.1) is 5.92 Å². The van der Waals surface area contributed by atoms with Crippen molar-refractivity contribution in [1.29, 1.82) is 0 Å². The summed E-state index contributed by atoms with van der Waals surface area (Å²) < 4.78 is 28.4. The van der Waals surface area contributed by atoms with Crippen LogP contribution >= 0.6 is 0 Å². The number of halogens is 2. The standard InChI is InChI=1S/C15H23F2NO2/c1-10(2)8-13(9-19)18-11(3)12-4-6-14(7-5-12)20-15(16)17/h4-7,10-11,13,15,18-19H,8-9H2,1-3H3. The zero-order valence-electron chi connectivity index (χ0n) is 12.1. The Morgan fingerprint density at radius 1 is 1.15 bits per heavy atom. The summed E-state index contributed by atoms with van der Waals surface area (Å²) in [6, 6.07) is 6.61. The second-order valence-electron chi connectivity index (χ2n) is 5.34. The fourth-order valence-corrected chi connectivity index (χ4v) is 2.15. The van der Waals surface area contributed by atoms with Gasteiger partial charge in [-0.25, -0.2) is 0 Å². The Bertz CT molecular complexity index is 382. The summed E-state index contributed by atoms with van der Waals surface area (Å²) in [4.78, 5) is 0. The number of hydrogen-bond donors (Lipinski definition) is 2. The molecular formula is C15H23F2NO2. The van der Waals surface area contributed by atoms with E-state index >= 15 is 0 Å². The van der Waals surface area contributed by atoms with Gasteiger partial charge < -0.3 is 15.2 Å². The molecule has 0 saturated carbocycles. The Morgan fingerprint density at radius 3 is 2.20 bits per heavy atom. The van der Waals surface area contributed by atoms with Crippen molar-refractivity contribution in [1.82, 2.24) is 5.32 Å². The molecule has 0 aliphatic heterocycles. The lowest BCUT2D eigenvalue weighted by atomic mass is 10.0. The van der Waals surface area contributed by atoms with Crippen LogP contribution in [0.4, 0.5) is 8.78 Å². The Kier molecular flexibility index (Phi) is 6.88. The third kappa shape index (κ3) is 5.84. The van der Waals surface area contributed by atoms with Crippen LogP contribution in [0.3, 0.4) is 0 Å². The maximum absolute atomic E-state index is 12.1. The van der Waals surface area contributed by atoms with Crippen LogP contribution in [0.15, 0.2) is 24.3 Å². The van der Waals surface area contributed by atoms with Crippen LogP contribution in [0.1, 0.15) is 38.8 Å². The van der Waals surface area contributed by atoms with E-state index in [9.17, 15) is 13.9 Å². The van der Waals surface area contributed by atoms with Crippen LogP contribution in [0.25, 0.3) is 0 Å². The van der Waals surface area contributed by atoms with Crippen molar-refractivity contribution in [3.8, 4) is 5.75 Å². The first-order chi connectivity index (χ1) is 9.42. The van der Waals surface area contributed by atoms with E-state index in [-0.39, 0.29) is 24.4 Å². The summed E-state index contributed by atoms with van der Waals surface area (Å²) in [5.41, 5.74) is 0.967. The lowest BCUT2D eigenvalue weighted by molar-refractivity contribution is -0.0498. The zero-order chi connectivity index (χ0) is 15.1. The monoisotopic (exact) mass is 287 g/mol. The molecule has 1 rings (SSSR count). The van der Waals surface area contributed by atoms with Crippen LogP contribution in [0.2, 0.25) is 0 Å². The minimum atomic E-state index is -2.80. The molecule has 3 nitrogen and oxygen atoms in total. The van der Waals surface area contributed by atoms with Gasteiger partial charge in [0.25, 0.3) is 0 Å². The third-order valence-electron chi connectivity index (χ3n) is 3.07. The SMILES string of the molecule is CC(C)CC(CO)NC(C)c1ccc(OC(F)F)cc1. The Morgan fingerprint density at radius 2 is 1.75 bits per heavy atom. The highest BCUT2D eigenvalue weighted by Crippen LogP contribution is 2.20. The zero-order valence-corrected chi connectivity index (χ0v) is 12.1. The molecule has 1 aromatic rings. The Balaban J connectivity index is 2.60. The van der Waals surface area contributed by atoms with Gasteiger partial charge in [-0.1, -0.05) is 26.0 Å².